The first-order valence-electron chi connectivity index (χ1n) is 9.41. The van der Waals surface area contributed by atoms with Crippen LogP contribution in [-0.2, 0) is 17.9 Å². The third kappa shape index (κ3) is 4.75. The van der Waals surface area contributed by atoms with Crippen molar-refractivity contribution in [3.05, 3.63) is 50.5 Å². The van der Waals surface area contributed by atoms with Crippen molar-refractivity contribution in [1.82, 2.24) is 19.6 Å². The Kier molecular flexibility index (Phi) is 6.78. The molecule has 1 atom stereocenters. The highest BCUT2D eigenvalue weighted by Crippen LogP contribution is 2.22. The average Bonchev–Trinajstić information content (AvgIpc) is 2.90. The molecule has 1 aliphatic heterocycles. The molecule has 0 N–H and O–H groups in total. The van der Waals surface area contributed by atoms with Crippen LogP contribution in [0.25, 0.3) is 0 Å². The van der Waals surface area contributed by atoms with Crippen LogP contribution in [0.5, 0.6) is 0 Å². The lowest BCUT2D eigenvalue weighted by Crippen LogP contribution is -2.50. The van der Waals surface area contributed by atoms with Gasteiger partial charge in [0, 0.05) is 43.4 Å². The highest BCUT2D eigenvalue weighted by Gasteiger charge is 2.26. The van der Waals surface area contributed by atoms with Crippen LogP contribution >= 0.6 is 27.5 Å². The Labute approximate surface area is 178 Å². The Bertz CT molecular complexity index is 864. The second kappa shape index (κ2) is 8.93. The Hall–Kier alpha value is -1.44. The molecule has 5 nitrogen and oxygen atoms in total. The van der Waals surface area contributed by atoms with Gasteiger partial charge in [0.2, 0.25) is 5.91 Å². The number of aromatic nitrogens is 2. The molecular weight excluding hydrogens is 447 g/mol. The first kappa shape index (κ1) is 21.3. The molecule has 1 unspecified atom stereocenters. The second-order valence-corrected chi connectivity index (χ2v) is 8.61. The summed E-state index contributed by atoms with van der Waals surface area (Å²) in [5.74, 6) is -0.307. The maximum absolute atomic E-state index is 13.2. The van der Waals surface area contributed by atoms with Crippen molar-refractivity contribution in [3.8, 4) is 0 Å². The number of nitrogens with zero attached hydrogens (tertiary/aromatic N) is 4. The van der Waals surface area contributed by atoms with Gasteiger partial charge in [0.1, 0.15) is 5.82 Å². The third-order valence-electron chi connectivity index (χ3n) is 5.25. The maximum atomic E-state index is 13.2. The van der Waals surface area contributed by atoms with Crippen LogP contribution in [0, 0.1) is 25.6 Å². The Morgan fingerprint density at radius 3 is 2.54 bits per heavy atom. The molecule has 0 aliphatic carbocycles. The van der Waals surface area contributed by atoms with Crippen molar-refractivity contribution in [2.75, 3.05) is 26.2 Å². The smallest absolute Gasteiger partial charge is 0.227 e. The van der Waals surface area contributed by atoms with Crippen LogP contribution in [0.3, 0.4) is 0 Å². The highest BCUT2D eigenvalue weighted by molar-refractivity contribution is 9.10. The van der Waals surface area contributed by atoms with Crippen LogP contribution in [0.15, 0.2) is 22.7 Å². The van der Waals surface area contributed by atoms with Crippen LogP contribution in [0.1, 0.15) is 23.9 Å². The monoisotopic (exact) mass is 470 g/mol. The number of carbonyl (C=O) groups excluding carboxylic acids is 1. The number of hydrogen-bond donors (Lipinski definition) is 0. The summed E-state index contributed by atoms with van der Waals surface area (Å²) in [5, 5.41) is 4.95. The number of amides is 1. The summed E-state index contributed by atoms with van der Waals surface area (Å²) in [6.45, 7) is 10.1. The van der Waals surface area contributed by atoms with Gasteiger partial charge >= 0.3 is 0 Å². The minimum absolute atomic E-state index is 0.136. The van der Waals surface area contributed by atoms with Gasteiger partial charge in [-0.05, 0) is 47.5 Å². The average molecular weight is 472 g/mol. The van der Waals surface area contributed by atoms with Gasteiger partial charge in [-0.15, -0.1) is 0 Å². The zero-order chi connectivity index (χ0) is 20.4. The lowest BCUT2D eigenvalue weighted by atomic mass is 10.1. The van der Waals surface area contributed by atoms with E-state index in [1.165, 1.54) is 12.1 Å². The van der Waals surface area contributed by atoms with Gasteiger partial charge in [-0.3, -0.25) is 14.4 Å². The predicted octanol–water partition coefficient (Wildman–Crippen LogP) is 4.04. The summed E-state index contributed by atoms with van der Waals surface area (Å²) in [7, 11) is 0. The Morgan fingerprint density at radius 2 is 1.96 bits per heavy atom. The Balaban J connectivity index is 1.53. The molecule has 2 heterocycles. The molecule has 1 amide bonds. The first-order valence-corrected chi connectivity index (χ1v) is 10.6. The van der Waals surface area contributed by atoms with E-state index in [0.717, 1.165) is 34.5 Å². The van der Waals surface area contributed by atoms with Gasteiger partial charge in [-0.2, -0.15) is 5.10 Å². The molecule has 2 aromatic rings. The summed E-state index contributed by atoms with van der Waals surface area (Å²) in [6, 6.07) is 4.50. The molecule has 0 spiro atoms. The molecule has 1 fully saturated rings. The van der Waals surface area contributed by atoms with Crippen LogP contribution in [0.2, 0.25) is 5.02 Å². The first-order chi connectivity index (χ1) is 13.3. The van der Waals surface area contributed by atoms with Crippen LogP contribution in [0.4, 0.5) is 4.39 Å². The van der Waals surface area contributed by atoms with E-state index in [-0.39, 0.29) is 17.6 Å². The van der Waals surface area contributed by atoms with Gasteiger partial charge in [-0.1, -0.05) is 24.6 Å². The summed E-state index contributed by atoms with van der Waals surface area (Å²) in [4.78, 5) is 17.0. The quantitative estimate of drug-likeness (QED) is 0.661. The zero-order valence-electron chi connectivity index (χ0n) is 16.4. The third-order valence-corrected chi connectivity index (χ3v) is 6.75. The molecule has 152 valence electrons. The molecular formula is C20H25BrClFN4O. The zero-order valence-corrected chi connectivity index (χ0v) is 18.7. The summed E-state index contributed by atoms with van der Waals surface area (Å²) in [6.07, 6.45) is 0. The molecule has 28 heavy (non-hydrogen) atoms. The van der Waals surface area contributed by atoms with E-state index < -0.39 is 0 Å². The van der Waals surface area contributed by atoms with Gasteiger partial charge in [0.25, 0.3) is 0 Å². The molecule has 0 radical (unpaired) electrons. The van der Waals surface area contributed by atoms with Crippen molar-refractivity contribution in [2.24, 2.45) is 5.92 Å². The Morgan fingerprint density at radius 1 is 1.29 bits per heavy atom. The minimum Gasteiger partial charge on any atom is -0.340 e. The molecule has 1 saturated heterocycles. The molecule has 1 aromatic heterocycles. The van der Waals surface area contributed by atoms with E-state index in [1.54, 1.807) is 6.07 Å². The fourth-order valence-electron chi connectivity index (χ4n) is 3.52. The van der Waals surface area contributed by atoms with Crippen molar-refractivity contribution >= 4 is 33.4 Å². The van der Waals surface area contributed by atoms with Crippen LogP contribution < -0.4 is 0 Å². The van der Waals surface area contributed by atoms with E-state index in [1.807, 2.05) is 30.4 Å². The van der Waals surface area contributed by atoms with Crippen molar-refractivity contribution in [2.45, 2.75) is 33.9 Å². The normalized spacial score (nSPS) is 16.4. The number of benzene rings is 1. The number of hydrogen-bond acceptors (Lipinski definition) is 3. The SMILES string of the molecule is Cc1nn(CC(C)C(=O)N2CCN(Cc3ccc(F)cc3Cl)CC2)c(C)c1Br. The molecule has 3 rings (SSSR count). The van der Waals surface area contributed by atoms with Crippen molar-refractivity contribution in [3.63, 3.8) is 0 Å². The molecule has 1 aromatic carbocycles. The number of halogens is 3. The van der Waals surface area contributed by atoms with E-state index in [0.29, 0.717) is 31.2 Å². The number of aryl methyl sites for hydroxylation is 1. The standard InChI is InChI=1S/C20H25BrClFN4O/c1-13(11-27-15(3)19(21)14(2)24-27)20(28)26-8-6-25(7-9-26)12-16-4-5-17(23)10-18(16)22/h4-5,10,13H,6-9,11-12H2,1-3H3. The summed E-state index contributed by atoms with van der Waals surface area (Å²) < 4.78 is 16.1. The largest absolute Gasteiger partial charge is 0.340 e. The van der Waals surface area contributed by atoms with E-state index in [4.69, 9.17) is 11.6 Å². The maximum Gasteiger partial charge on any atom is 0.227 e. The fraction of sp³-hybridized carbons (Fsp3) is 0.500. The topological polar surface area (TPSA) is 41.4 Å². The second-order valence-electron chi connectivity index (χ2n) is 7.41. The number of rotatable bonds is 5. The number of carbonyl (C=O) groups is 1. The molecule has 8 heteroatoms. The predicted molar refractivity (Wildman–Crippen MR) is 112 cm³/mol. The minimum atomic E-state index is -0.326. The van der Waals surface area contributed by atoms with Crippen LogP contribution in [-0.4, -0.2) is 51.7 Å². The van der Waals surface area contributed by atoms with E-state index in [9.17, 15) is 9.18 Å². The summed E-state index contributed by atoms with van der Waals surface area (Å²) >= 11 is 9.66. The van der Waals surface area contributed by atoms with E-state index >= 15 is 0 Å². The lowest BCUT2D eigenvalue weighted by molar-refractivity contribution is -0.137. The molecule has 1 aliphatic rings. The highest BCUT2D eigenvalue weighted by atomic mass is 79.9. The summed E-state index contributed by atoms with van der Waals surface area (Å²) in [5.41, 5.74) is 2.88. The van der Waals surface area contributed by atoms with Gasteiger partial charge in [-0.25, -0.2) is 4.39 Å². The van der Waals surface area contributed by atoms with Gasteiger partial charge < -0.3 is 4.90 Å². The van der Waals surface area contributed by atoms with E-state index in [2.05, 4.69) is 25.9 Å². The lowest BCUT2D eigenvalue weighted by Gasteiger charge is -2.36. The van der Waals surface area contributed by atoms with Gasteiger partial charge in [0.15, 0.2) is 0 Å². The van der Waals surface area contributed by atoms with Gasteiger partial charge in [0.05, 0.1) is 22.6 Å². The molecule has 0 saturated carbocycles. The number of piperazine rings is 1. The van der Waals surface area contributed by atoms with Crippen molar-refractivity contribution in [1.29, 1.82) is 0 Å². The van der Waals surface area contributed by atoms with Crippen molar-refractivity contribution < 1.29 is 9.18 Å². The fourth-order valence-corrected chi connectivity index (χ4v) is 4.03. The molecule has 0 bridgehead atoms.